The van der Waals surface area contributed by atoms with Gasteiger partial charge < -0.3 is 14.9 Å². The van der Waals surface area contributed by atoms with Crippen LogP contribution in [0.2, 0.25) is 0 Å². The molecule has 0 bridgehead atoms. The summed E-state index contributed by atoms with van der Waals surface area (Å²) in [4.78, 5) is 0. The second kappa shape index (κ2) is 6.24. The average Bonchev–Trinajstić information content (AvgIpc) is 2.30. The van der Waals surface area contributed by atoms with Crippen molar-refractivity contribution in [2.24, 2.45) is 0 Å². The van der Waals surface area contributed by atoms with Gasteiger partial charge in [0.15, 0.2) is 0 Å². The fraction of sp³-hybridized carbons (Fsp3) is 0.154. The Kier molecular flexibility index (Phi) is 7.21. The predicted octanol–water partition coefficient (Wildman–Crippen LogP) is 4.07. The Labute approximate surface area is 107 Å². The molecule has 2 aromatic carbocycles. The van der Waals surface area contributed by atoms with Crippen molar-refractivity contribution in [2.75, 3.05) is 0 Å². The van der Waals surface area contributed by atoms with E-state index >= 15 is 0 Å². The Hall–Kier alpha value is -0.287. The van der Waals surface area contributed by atoms with Gasteiger partial charge in [-0.15, -0.1) is 40.6 Å². The Morgan fingerprint density at radius 2 is 1.57 bits per heavy atom. The zero-order valence-electron chi connectivity index (χ0n) is 9.39. The molecule has 1 heteroatoms. The van der Waals surface area contributed by atoms with E-state index in [0.717, 1.165) is 0 Å². The van der Waals surface area contributed by atoms with Crippen LogP contribution < -0.4 is 0 Å². The largest absolute Gasteiger partial charge is 3.00 e. The summed E-state index contributed by atoms with van der Waals surface area (Å²) in [5, 5.41) is 2.76. The monoisotopic (exact) mass is 263 g/mol. The van der Waals surface area contributed by atoms with Gasteiger partial charge in [-0.3, -0.25) is 0 Å². The van der Waals surface area contributed by atoms with E-state index in [2.05, 4.69) is 44.2 Å². The van der Waals surface area contributed by atoms with Crippen molar-refractivity contribution in [3.63, 3.8) is 0 Å². The third-order valence-electron chi connectivity index (χ3n) is 2.33. The Morgan fingerprint density at radius 3 is 2.14 bits per heavy atom. The summed E-state index contributed by atoms with van der Waals surface area (Å²) in [6.07, 6.45) is 0. The quantitative estimate of drug-likeness (QED) is 0.629. The van der Waals surface area contributed by atoms with Crippen molar-refractivity contribution in [1.82, 2.24) is 0 Å². The zero-order valence-corrected chi connectivity index (χ0v) is 11.8. The van der Waals surface area contributed by atoms with Crippen molar-refractivity contribution in [2.45, 2.75) is 13.8 Å². The van der Waals surface area contributed by atoms with Crippen LogP contribution >= 0.6 is 0 Å². The normalized spacial score (nSPS) is 8.43. The van der Waals surface area contributed by atoms with Gasteiger partial charge in [-0.1, -0.05) is 19.9 Å². The van der Waals surface area contributed by atoms with Crippen molar-refractivity contribution in [3.8, 4) is 0 Å². The zero-order chi connectivity index (χ0) is 7.84. The summed E-state index contributed by atoms with van der Waals surface area (Å²) in [6, 6.07) is 10.8. The number of rotatable bonds is 0. The molecule has 2 aromatic rings. The van der Waals surface area contributed by atoms with Gasteiger partial charge in [0, 0.05) is 0 Å². The Balaban J connectivity index is 0. The molecule has 0 aliphatic carbocycles. The topological polar surface area (TPSA) is 0 Å². The van der Waals surface area contributed by atoms with Crippen molar-refractivity contribution < 1.29 is 26.2 Å². The van der Waals surface area contributed by atoms with Gasteiger partial charge >= 0.3 is 26.2 Å². The van der Waals surface area contributed by atoms with Crippen LogP contribution in [0.1, 0.15) is 11.1 Å². The molecule has 0 N–H and O–H groups in total. The van der Waals surface area contributed by atoms with E-state index in [0.29, 0.717) is 0 Å². The van der Waals surface area contributed by atoms with Crippen LogP contribution in [-0.2, 0) is 26.2 Å². The number of fused-ring (bicyclic) bond motifs is 1. The van der Waals surface area contributed by atoms with Crippen molar-refractivity contribution in [3.05, 3.63) is 56.3 Å². The van der Waals surface area contributed by atoms with Crippen LogP contribution in [0.3, 0.4) is 0 Å². The maximum absolute atomic E-state index is 2.24. The van der Waals surface area contributed by atoms with E-state index in [4.69, 9.17) is 0 Å². The van der Waals surface area contributed by atoms with Crippen LogP contribution in [-0.4, -0.2) is 0 Å². The van der Waals surface area contributed by atoms with Crippen molar-refractivity contribution in [1.29, 1.82) is 0 Å². The molecule has 1 radical (unpaired) electrons. The molecule has 0 fully saturated rings. The summed E-state index contributed by atoms with van der Waals surface area (Å²) in [6.45, 7) is 4.34. The molecule has 0 atom stereocenters. The first-order chi connectivity index (χ1) is 5.29. The first-order valence-electron chi connectivity index (χ1n) is 3.90. The summed E-state index contributed by atoms with van der Waals surface area (Å²) in [5.74, 6) is 0. The molecule has 0 spiro atoms. The minimum atomic E-state index is 0. The molecular weight excluding hydrogens is 247 g/mol. The predicted molar refractivity (Wildman–Crippen MR) is 61.8 cm³/mol. The van der Waals surface area contributed by atoms with Crippen LogP contribution in [0.25, 0.3) is 10.8 Å². The van der Waals surface area contributed by atoms with Crippen molar-refractivity contribution >= 4 is 10.8 Å². The molecule has 0 heterocycles. The first kappa shape index (κ1) is 16.2. The van der Waals surface area contributed by atoms with E-state index in [1.54, 1.807) is 0 Å². The molecule has 2 rings (SSSR count). The summed E-state index contributed by atoms with van der Waals surface area (Å²) in [5.41, 5.74) is 2.81. The Morgan fingerprint density at radius 1 is 1.00 bits per heavy atom. The maximum Gasteiger partial charge on any atom is 3.00 e. The van der Waals surface area contributed by atoms with Crippen LogP contribution in [0, 0.1) is 28.7 Å². The smallest absolute Gasteiger partial charge is 0.358 e. The number of benzene rings is 1. The summed E-state index contributed by atoms with van der Waals surface area (Å²) >= 11 is 0. The third-order valence-corrected chi connectivity index (χ3v) is 2.33. The van der Waals surface area contributed by atoms with Gasteiger partial charge in [-0.2, -0.15) is 5.56 Å². The summed E-state index contributed by atoms with van der Waals surface area (Å²) < 4.78 is 0. The third kappa shape index (κ3) is 2.61. The van der Waals surface area contributed by atoms with Crippen LogP contribution in [0.4, 0.5) is 0 Å². The second-order valence-electron chi connectivity index (χ2n) is 3.04. The van der Waals surface area contributed by atoms with Crippen LogP contribution in [0.15, 0.2) is 30.3 Å². The van der Waals surface area contributed by atoms with E-state index in [9.17, 15) is 0 Å². The standard InChI is InChI=1S/C11H11.2CH3.Zr/c1-8-7-10-5-3-4-6-11(10)9(8)2;;;/h3-7H,1-2H3;2*1H3;/q3*-1;+3. The molecule has 0 saturated carbocycles. The molecule has 0 aliphatic heterocycles. The van der Waals surface area contributed by atoms with Gasteiger partial charge in [0.2, 0.25) is 0 Å². The van der Waals surface area contributed by atoms with Gasteiger partial charge in [0.1, 0.15) is 0 Å². The fourth-order valence-corrected chi connectivity index (χ4v) is 1.52. The number of aryl methyl sites for hydroxylation is 2. The summed E-state index contributed by atoms with van der Waals surface area (Å²) in [7, 11) is 0. The molecule has 0 amide bonds. The molecule has 0 saturated heterocycles. The van der Waals surface area contributed by atoms with E-state index < -0.39 is 0 Å². The fourth-order valence-electron chi connectivity index (χ4n) is 1.52. The second-order valence-corrected chi connectivity index (χ2v) is 3.04. The SMILES string of the molecule is Cc1[cH-]c2ccccc2c1C.[CH3-].[CH3-].[Zr+3]. The molecule has 0 nitrogen and oxygen atoms in total. The first-order valence-corrected chi connectivity index (χ1v) is 3.90. The van der Waals surface area contributed by atoms with Gasteiger partial charge in [-0.25, -0.2) is 0 Å². The number of hydrogen-bond acceptors (Lipinski definition) is 0. The molecule has 14 heavy (non-hydrogen) atoms. The average molecular weight is 265 g/mol. The van der Waals surface area contributed by atoms with Gasteiger partial charge in [0.25, 0.3) is 0 Å². The molecule has 0 aliphatic rings. The van der Waals surface area contributed by atoms with Gasteiger partial charge in [-0.05, 0) is 0 Å². The van der Waals surface area contributed by atoms with Crippen LogP contribution in [0.5, 0.6) is 0 Å². The Bertz CT molecular complexity index is 385. The minimum Gasteiger partial charge on any atom is -0.358 e. The molecule has 73 valence electrons. The number of hydrogen-bond donors (Lipinski definition) is 0. The van der Waals surface area contributed by atoms with E-state index in [1.807, 2.05) is 0 Å². The molecular formula is C13H17Zr. The maximum atomic E-state index is 2.24. The van der Waals surface area contributed by atoms with E-state index in [-0.39, 0.29) is 41.1 Å². The molecule has 0 aromatic heterocycles. The minimum absolute atomic E-state index is 0. The van der Waals surface area contributed by atoms with Gasteiger partial charge in [0.05, 0.1) is 0 Å². The molecule has 0 unspecified atom stereocenters. The van der Waals surface area contributed by atoms with E-state index in [1.165, 1.54) is 21.9 Å².